The Bertz CT molecular complexity index is 2170. The van der Waals surface area contributed by atoms with Gasteiger partial charge < -0.3 is 20.4 Å². The van der Waals surface area contributed by atoms with Crippen LogP contribution in [0.15, 0.2) is 66.7 Å². The Morgan fingerprint density at radius 2 is 1.88 bits per heavy atom. The van der Waals surface area contributed by atoms with Crippen LogP contribution in [0.1, 0.15) is 48.8 Å². The molecule has 48 heavy (non-hydrogen) atoms. The van der Waals surface area contributed by atoms with Crippen LogP contribution in [0.25, 0.3) is 21.5 Å². The molecule has 5 N–H and O–H groups in total. The minimum Gasteiger partial charge on any atom is -0.508 e. The lowest BCUT2D eigenvalue weighted by atomic mass is 9.94. The average Bonchev–Trinajstić information content (AvgIpc) is 3.83. The fraction of sp³-hybridized carbons (Fsp3) is 0.176. The van der Waals surface area contributed by atoms with E-state index >= 15 is 0 Å². The molecule has 6 aromatic rings. The van der Waals surface area contributed by atoms with Crippen molar-refractivity contribution in [3.8, 4) is 23.1 Å². The first-order valence-electron chi connectivity index (χ1n) is 15.2. The molecule has 0 atom stereocenters. The van der Waals surface area contributed by atoms with Gasteiger partial charge in [0.2, 0.25) is 0 Å². The maximum absolute atomic E-state index is 13.4. The zero-order chi connectivity index (χ0) is 33.2. The highest BCUT2D eigenvalue weighted by Crippen LogP contribution is 2.34. The Labute approximate surface area is 282 Å². The summed E-state index contributed by atoms with van der Waals surface area (Å²) in [4.78, 5) is 37.4. The number of fused-ring (bicyclic) bond motifs is 2. The van der Waals surface area contributed by atoms with E-state index in [2.05, 4.69) is 36.9 Å². The molecule has 7 rings (SSSR count). The van der Waals surface area contributed by atoms with Gasteiger partial charge in [-0.2, -0.15) is 10.4 Å². The molecule has 0 fully saturated rings. The molecule has 3 aromatic carbocycles. The number of carbonyl (C=O) groups is 2. The van der Waals surface area contributed by atoms with Gasteiger partial charge >= 0.3 is 5.97 Å². The van der Waals surface area contributed by atoms with Gasteiger partial charge in [-0.1, -0.05) is 35.6 Å². The number of carboxylic acid groups (broad SMARTS) is 1. The van der Waals surface area contributed by atoms with Crippen LogP contribution in [-0.2, 0) is 19.4 Å². The molecule has 1 aliphatic rings. The number of para-hydroxylation sites is 1. The highest BCUT2D eigenvalue weighted by Gasteiger charge is 2.27. The number of phenols is 1. The predicted molar refractivity (Wildman–Crippen MR) is 185 cm³/mol. The first kappa shape index (κ1) is 30.9. The Morgan fingerprint density at radius 3 is 2.67 bits per heavy atom. The number of aromatic hydroxyl groups is 1. The predicted octanol–water partition coefficient (Wildman–Crippen LogP) is 6.28. The topological polar surface area (TPSA) is 180 Å². The van der Waals surface area contributed by atoms with E-state index in [4.69, 9.17) is 0 Å². The number of carbonyl (C=O) groups excluding carboxylic acids is 1. The number of hydrogen-bond donors (Lipinski definition) is 5. The summed E-state index contributed by atoms with van der Waals surface area (Å²) in [6.45, 7) is 1.53. The van der Waals surface area contributed by atoms with Crippen molar-refractivity contribution >= 4 is 60.8 Å². The molecule has 0 spiro atoms. The van der Waals surface area contributed by atoms with Crippen molar-refractivity contribution in [1.82, 2.24) is 20.2 Å². The molecule has 240 valence electrons. The molecule has 0 radical (unpaired) electrons. The largest absolute Gasteiger partial charge is 0.508 e. The monoisotopic (exact) mass is 676 g/mol. The number of hydrogen-bond acceptors (Lipinski definition) is 11. The second-order valence-corrected chi connectivity index (χ2v) is 13.2. The number of aromatic nitrogens is 4. The van der Waals surface area contributed by atoms with Crippen LogP contribution < -0.4 is 15.5 Å². The summed E-state index contributed by atoms with van der Waals surface area (Å²) in [6, 6.07) is 22.1. The van der Waals surface area contributed by atoms with E-state index in [0.29, 0.717) is 82.2 Å². The molecule has 0 aliphatic carbocycles. The number of amides is 1. The summed E-state index contributed by atoms with van der Waals surface area (Å²) in [5.41, 5.74) is 4.90. The maximum Gasteiger partial charge on any atom is 0.355 e. The summed E-state index contributed by atoms with van der Waals surface area (Å²) in [6.07, 6.45) is 1.74. The molecule has 0 unspecified atom stereocenters. The van der Waals surface area contributed by atoms with Crippen molar-refractivity contribution < 1.29 is 19.8 Å². The number of aromatic amines is 1. The number of thiazole rings is 2. The number of benzene rings is 3. The van der Waals surface area contributed by atoms with Gasteiger partial charge in [0.1, 0.15) is 28.9 Å². The first-order chi connectivity index (χ1) is 23.4. The van der Waals surface area contributed by atoms with E-state index in [0.717, 1.165) is 21.3 Å². The number of nitrogens with one attached hydrogen (secondary N) is 3. The quantitative estimate of drug-likeness (QED) is 0.104. The number of aryl methyl sites for hydroxylation is 1. The number of carboxylic acids is 1. The number of nitrogens with zero attached hydrogens (tertiary/aromatic N) is 5. The maximum atomic E-state index is 13.4. The summed E-state index contributed by atoms with van der Waals surface area (Å²) >= 11 is 2.77. The second kappa shape index (κ2) is 13.1. The molecule has 0 bridgehead atoms. The Kier molecular flexibility index (Phi) is 8.45. The zero-order valence-corrected chi connectivity index (χ0v) is 27.0. The van der Waals surface area contributed by atoms with Gasteiger partial charge in [-0.25, -0.2) is 14.8 Å². The Morgan fingerprint density at radius 1 is 1.04 bits per heavy atom. The van der Waals surface area contributed by atoms with E-state index in [-0.39, 0.29) is 17.4 Å². The molecule has 4 heterocycles. The van der Waals surface area contributed by atoms with Crippen molar-refractivity contribution in [3.63, 3.8) is 0 Å². The Hall–Kier alpha value is -5.78. The van der Waals surface area contributed by atoms with Crippen molar-refractivity contribution in [2.24, 2.45) is 0 Å². The van der Waals surface area contributed by atoms with Crippen LogP contribution >= 0.6 is 22.7 Å². The lowest BCUT2D eigenvalue weighted by Crippen LogP contribution is -2.32. The van der Waals surface area contributed by atoms with Crippen LogP contribution in [0, 0.1) is 11.3 Å². The fourth-order valence-electron chi connectivity index (χ4n) is 5.73. The van der Waals surface area contributed by atoms with Crippen molar-refractivity contribution in [2.45, 2.75) is 25.8 Å². The van der Waals surface area contributed by atoms with Crippen molar-refractivity contribution in [1.29, 1.82) is 5.26 Å². The van der Waals surface area contributed by atoms with E-state index < -0.39 is 5.97 Å². The first-order valence-corrected chi connectivity index (χ1v) is 16.8. The van der Waals surface area contributed by atoms with Gasteiger partial charge in [-0.05, 0) is 72.9 Å². The number of nitriles is 1. The SMILES string of the molecule is N#Cc1c(-c2ccc(O)cc2)n[nH]c1NCCCc1sc(N2CCc3cccc(C(=O)Nc4nc5ccccc5s4)c3C2)nc1C(=O)O. The van der Waals surface area contributed by atoms with Crippen molar-refractivity contribution in [2.75, 3.05) is 28.6 Å². The minimum atomic E-state index is -1.09. The molecule has 0 saturated heterocycles. The van der Waals surface area contributed by atoms with E-state index in [1.165, 1.54) is 34.8 Å². The van der Waals surface area contributed by atoms with Gasteiger partial charge in [-0.3, -0.25) is 15.2 Å². The molecule has 12 nitrogen and oxygen atoms in total. The molecule has 14 heteroatoms. The summed E-state index contributed by atoms with van der Waals surface area (Å²) < 4.78 is 0.992. The van der Waals surface area contributed by atoms with Crippen LogP contribution in [0.4, 0.5) is 16.1 Å². The lowest BCUT2D eigenvalue weighted by molar-refractivity contribution is 0.0690. The minimum absolute atomic E-state index is 0.0246. The summed E-state index contributed by atoms with van der Waals surface area (Å²) in [5.74, 6) is -0.734. The fourth-order valence-corrected chi connectivity index (χ4v) is 7.71. The Balaban J connectivity index is 1.03. The highest BCUT2D eigenvalue weighted by molar-refractivity contribution is 7.22. The van der Waals surface area contributed by atoms with Crippen molar-refractivity contribution in [3.05, 3.63) is 99.6 Å². The van der Waals surface area contributed by atoms with Gasteiger partial charge in [0.05, 0.1) is 10.2 Å². The number of H-pyrrole nitrogens is 1. The third-order valence-electron chi connectivity index (χ3n) is 8.09. The molecular weight excluding hydrogens is 649 g/mol. The number of rotatable bonds is 10. The third kappa shape index (κ3) is 6.16. The van der Waals surface area contributed by atoms with Crippen LogP contribution in [0.2, 0.25) is 0 Å². The third-order valence-corrected chi connectivity index (χ3v) is 10.2. The highest BCUT2D eigenvalue weighted by atomic mass is 32.1. The molecule has 1 amide bonds. The normalized spacial score (nSPS) is 12.4. The van der Waals surface area contributed by atoms with E-state index in [1.807, 2.05) is 41.3 Å². The van der Waals surface area contributed by atoms with Crippen LogP contribution in [-0.4, -0.2) is 55.3 Å². The van der Waals surface area contributed by atoms with Gasteiger partial charge in [0, 0.05) is 35.6 Å². The summed E-state index contributed by atoms with van der Waals surface area (Å²) in [5, 5.41) is 43.7. The van der Waals surface area contributed by atoms with Gasteiger partial charge in [0.25, 0.3) is 5.91 Å². The molecule has 3 aromatic heterocycles. The molecular formula is C34H28N8O4S2. The lowest BCUT2D eigenvalue weighted by Gasteiger charge is -2.29. The van der Waals surface area contributed by atoms with Gasteiger partial charge in [-0.15, -0.1) is 11.3 Å². The van der Waals surface area contributed by atoms with Crippen LogP contribution in [0.3, 0.4) is 0 Å². The standard InChI is InChI=1S/C34H28N8O4S2/c35-17-23-28(20-10-12-21(43)13-11-20)40-41-30(23)36-15-4-9-27-29(32(45)46)38-34(48-27)42-16-14-19-5-3-6-22(24(19)18-42)31(44)39-33-37-25-7-1-2-8-26(25)47-33/h1-3,5-8,10-13,43H,4,9,14-16,18H2,(H,45,46)(H2,36,40,41)(H,37,39,44). The number of anilines is 3. The smallest absolute Gasteiger partial charge is 0.355 e. The average molecular weight is 677 g/mol. The number of aromatic carboxylic acids is 1. The van der Waals surface area contributed by atoms with Gasteiger partial charge in [0.15, 0.2) is 16.0 Å². The number of phenolic OH excluding ortho intramolecular Hbond substituents is 1. The van der Waals surface area contributed by atoms with Crippen LogP contribution in [0.5, 0.6) is 5.75 Å². The van der Waals surface area contributed by atoms with E-state index in [9.17, 15) is 25.1 Å². The molecule has 0 saturated carbocycles. The van der Waals surface area contributed by atoms with E-state index in [1.54, 1.807) is 18.2 Å². The second-order valence-electron chi connectivity index (χ2n) is 11.1. The zero-order valence-electron chi connectivity index (χ0n) is 25.4. The summed E-state index contributed by atoms with van der Waals surface area (Å²) in [7, 11) is 0. The molecule has 1 aliphatic heterocycles.